The van der Waals surface area contributed by atoms with E-state index in [4.69, 9.17) is 0 Å². The maximum atomic E-state index is 12.4. The zero-order valence-corrected chi connectivity index (χ0v) is 15.1. The number of carbonyl (C=O) groups is 1. The van der Waals surface area contributed by atoms with Crippen LogP contribution in [0.25, 0.3) is 0 Å². The molecule has 1 amide bonds. The Labute approximate surface area is 148 Å². The van der Waals surface area contributed by atoms with Crippen LogP contribution < -0.4 is 10.0 Å². The lowest BCUT2D eigenvalue weighted by Crippen LogP contribution is -2.25. The quantitative estimate of drug-likeness (QED) is 0.830. The highest BCUT2D eigenvalue weighted by Gasteiger charge is 2.27. The number of anilines is 1. The second-order valence-electron chi connectivity index (χ2n) is 6.65. The molecule has 0 saturated heterocycles. The lowest BCUT2D eigenvalue weighted by Gasteiger charge is -2.10. The molecule has 2 aromatic carbocycles. The van der Waals surface area contributed by atoms with Gasteiger partial charge in [0.15, 0.2) is 0 Å². The highest BCUT2D eigenvalue weighted by molar-refractivity contribution is 7.89. The van der Waals surface area contributed by atoms with Crippen molar-refractivity contribution in [2.45, 2.75) is 43.5 Å². The van der Waals surface area contributed by atoms with E-state index in [1.54, 1.807) is 0 Å². The van der Waals surface area contributed by atoms with Gasteiger partial charge in [-0.25, -0.2) is 13.1 Å². The first-order chi connectivity index (χ1) is 11.8. The fourth-order valence-electron chi connectivity index (χ4n) is 2.45. The third kappa shape index (κ3) is 4.46. The standard InChI is InChI=1S/C19H22N2O3S/c1-13(2)15-4-3-5-17(12-15)20-19(22)14-6-10-18(11-7-14)25(23,24)21-16-8-9-16/h3-7,10-13,16,21H,8-9H2,1-2H3,(H,20,22). The summed E-state index contributed by atoms with van der Waals surface area (Å²) in [6, 6.07) is 13.8. The molecule has 1 saturated carbocycles. The van der Waals surface area contributed by atoms with E-state index in [2.05, 4.69) is 23.9 Å². The van der Waals surface area contributed by atoms with Crippen LogP contribution in [0.5, 0.6) is 0 Å². The normalized spacial score (nSPS) is 14.5. The van der Waals surface area contributed by atoms with E-state index in [-0.39, 0.29) is 16.8 Å². The summed E-state index contributed by atoms with van der Waals surface area (Å²) in [5.74, 6) is 0.111. The minimum Gasteiger partial charge on any atom is -0.322 e. The summed E-state index contributed by atoms with van der Waals surface area (Å²) >= 11 is 0. The zero-order chi connectivity index (χ0) is 18.0. The second-order valence-corrected chi connectivity index (χ2v) is 8.37. The fraction of sp³-hybridized carbons (Fsp3) is 0.316. The summed E-state index contributed by atoms with van der Waals surface area (Å²) < 4.78 is 26.9. The third-order valence-corrected chi connectivity index (χ3v) is 5.67. The van der Waals surface area contributed by atoms with Crippen molar-refractivity contribution in [2.75, 3.05) is 5.32 Å². The minimum atomic E-state index is -3.50. The molecule has 0 bridgehead atoms. The lowest BCUT2D eigenvalue weighted by atomic mass is 10.0. The van der Waals surface area contributed by atoms with Gasteiger partial charge in [-0.2, -0.15) is 0 Å². The highest BCUT2D eigenvalue weighted by Crippen LogP contribution is 2.23. The van der Waals surface area contributed by atoms with Gasteiger partial charge in [-0.3, -0.25) is 4.79 Å². The Morgan fingerprint density at radius 2 is 1.76 bits per heavy atom. The summed E-state index contributed by atoms with van der Waals surface area (Å²) in [6.07, 6.45) is 1.77. The summed E-state index contributed by atoms with van der Waals surface area (Å²) in [5.41, 5.74) is 2.29. The molecule has 1 fully saturated rings. The summed E-state index contributed by atoms with van der Waals surface area (Å²) in [5, 5.41) is 2.85. The van der Waals surface area contributed by atoms with Gasteiger partial charge in [0.2, 0.25) is 10.0 Å². The molecule has 0 radical (unpaired) electrons. The van der Waals surface area contributed by atoms with Gasteiger partial charge in [-0.1, -0.05) is 26.0 Å². The molecule has 0 unspecified atom stereocenters. The van der Waals surface area contributed by atoms with Crippen molar-refractivity contribution in [3.63, 3.8) is 0 Å². The van der Waals surface area contributed by atoms with E-state index in [9.17, 15) is 13.2 Å². The van der Waals surface area contributed by atoms with E-state index in [1.807, 2.05) is 24.3 Å². The Morgan fingerprint density at radius 3 is 2.36 bits per heavy atom. The van der Waals surface area contributed by atoms with E-state index in [0.717, 1.165) is 24.1 Å². The first kappa shape index (κ1) is 17.6. The number of rotatable bonds is 6. The fourth-order valence-corrected chi connectivity index (χ4v) is 3.76. The number of hydrogen-bond acceptors (Lipinski definition) is 3. The summed E-state index contributed by atoms with van der Waals surface area (Å²) in [4.78, 5) is 12.5. The zero-order valence-electron chi connectivity index (χ0n) is 14.3. The van der Waals surface area contributed by atoms with Gasteiger partial charge < -0.3 is 5.32 Å². The van der Waals surface area contributed by atoms with Crippen LogP contribution in [-0.2, 0) is 10.0 Å². The van der Waals surface area contributed by atoms with Gasteiger partial charge in [0.25, 0.3) is 5.91 Å². The summed E-state index contributed by atoms with van der Waals surface area (Å²) in [6.45, 7) is 4.19. The Bertz CT molecular complexity index is 870. The monoisotopic (exact) mass is 358 g/mol. The minimum absolute atomic E-state index is 0.0567. The molecule has 132 valence electrons. The molecule has 0 spiro atoms. The molecule has 2 N–H and O–H groups in total. The number of sulfonamides is 1. The van der Waals surface area contributed by atoms with Gasteiger partial charge in [-0.05, 0) is 60.7 Å². The Hall–Kier alpha value is -2.18. The topological polar surface area (TPSA) is 75.3 Å². The molecule has 2 aromatic rings. The first-order valence-corrected chi connectivity index (χ1v) is 9.87. The molecular formula is C19H22N2O3S. The van der Waals surface area contributed by atoms with Crippen LogP contribution in [0.1, 0.15) is 48.5 Å². The van der Waals surface area contributed by atoms with Crippen molar-refractivity contribution in [3.05, 3.63) is 59.7 Å². The van der Waals surface area contributed by atoms with Crippen molar-refractivity contribution in [1.82, 2.24) is 4.72 Å². The number of benzene rings is 2. The highest BCUT2D eigenvalue weighted by atomic mass is 32.2. The molecule has 0 aliphatic heterocycles. The summed E-state index contributed by atoms with van der Waals surface area (Å²) in [7, 11) is -3.50. The smallest absolute Gasteiger partial charge is 0.255 e. The lowest BCUT2D eigenvalue weighted by molar-refractivity contribution is 0.102. The average molecular weight is 358 g/mol. The van der Waals surface area contributed by atoms with Gasteiger partial charge in [0.05, 0.1) is 4.90 Å². The van der Waals surface area contributed by atoms with Crippen LogP contribution in [-0.4, -0.2) is 20.4 Å². The Morgan fingerprint density at radius 1 is 1.08 bits per heavy atom. The van der Waals surface area contributed by atoms with Gasteiger partial charge in [0, 0.05) is 17.3 Å². The molecule has 3 rings (SSSR count). The molecule has 25 heavy (non-hydrogen) atoms. The Balaban J connectivity index is 1.71. The molecule has 0 heterocycles. The largest absolute Gasteiger partial charge is 0.322 e. The molecule has 5 nitrogen and oxygen atoms in total. The van der Waals surface area contributed by atoms with Crippen LogP contribution in [0.2, 0.25) is 0 Å². The molecular weight excluding hydrogens is 336 g/mol. The van der Waals surface area contributed by atoms with E-state index in [1.165, 1.54) is 24.3 Å². The average Bonchev–Trinajstić information content (AvgIpc) is 3.38. The van der Waals surface area contributed by atoms with E-state index in [0.29, 0.717) is 11.5 Å². The van der Waals surface area contributed by atoms with Crippen LogP contribution >= 0.6 is 0 Å². The molecule has 6 heteroatoms. The van der Waals surface area contributed by atoms with Gasteiger partial charge >= 0.3 is 0 Å². The van der Waals surface area contributed by atoms with Crippen LogP contribution in [0.3, 0.4) is 0 Å². The van der Waals surface area contributed by atoms with Crippen molar-refractivity contribution < 1.29 is 13.2 Å². The Kier molecular flexibility index (Phi) is 4.92. The number of amides is 1. The third-order valence-electron chi connectivity index (χ3n) is 4.14. The number of nitrogens with one attached hydrogen (secondary N) is 2. The molecule has 0 aromatic heterocycles. The number of carbonyl (C=O) groups excluding carboxylic acids is 1. The van der Waals surface area contributed by atoms with Gasteiger partial charge in [-0.15, -0.1) is 0 Å². The van der Waals surface area contributed by atoms with Crippen LogP contribution in [0.4, 0.5) is 5.69 Å². The molecule has 1 aliphatic carbocycles. The maximum Gasteiger partial charge on any atom is 0.255 e. The SMILES string of the molecule is CC(C)c1cccc(NC(=O)c2ccc(S(=O)(=O)NC3CC3)cc2)c1. The van der Waals surface area contributed by atoms with Crippen molar-refractivity contribution in [3.8, 4) is 0 Å². The van der Waals surface area contributed by atoms with E-state index < -0.39 is 10.0 Å². The van der Waals surface area contributed by atoms with Crippen molar-refractivity contribution in [2.24, 2.45) is 0 Å². The maximum absolute atomic E-state index is 12.4. The van der Waals surface area contributed by atoms with Crippen molar-refractivity contribution >= 4 is 21.6 Å². The van der Waals surface area contributed by atoms with E-state index >= 15 is 0 Å². The molecule has 1 aliphatic rings. The molecule has 0 atom stereocenters. The van der Waals surface area contributed by atoms with Crippen LogP contribution in [0.15, 0.2) is 53.4 Å². The van der Waals surface area contributed by atoms with Crippen LogP contribution in [0, 0.1) is 0 Å². The number of hydrogen-bond donors (Lipinski definition) is 2. The predicted octanol–water partition coefficient (Wildman–Crippen LogP) is 3.50. The van der Waals surface area contributed by atoms with Gasteiger partial charge in [0.1, 0.15) is 0 Å². The predicted molar refractivity (Wildman–Crippen MR) is 98.3 cm³/mol. The van der Waals surface area contributed by atoms with Crippen molar-refractivity contribution in [1.29, 1.82) is 0 Å². The first-order valence-electron chi connectivity index (χ1n) is 8.39. The second kappa shape index (κ2) is 6.98.